The van der Waals surface area contributed by atoms with Gasteiger partial charge >= 0.3 is 0 Å². The standard InChI is InChI=1S/C15H22N2S2/c1-19-11-5-10-16-15(18)17-14-9-4-7-12-6-2-3-8-13(12)14/h2-3,6,8,14H,4-5,7,9-11H2,1H3,(H2,16,17,18)/t14-/m1/s1. The third-order valence-electron chi connectivity index (χ3n) is 3.49. The van der Waals surface area contributed by atoms with Gasteiger partial charge in [-0.3, -0.25) is 0 Å². The molecule has 0 fully saturated rings. The van der Waals surface area contributed by atoms with Gasteiger partial charge in [-0.15, -0.1) is 0 Å². The molecule has 2 N–H and O–H groups in total. The summed E-state index contributed by atoms with van der Waals surface area (Å²) in [6, 6.07) is 9.08. The maximum Gasteiger partial charge on any atom is 0.166 e. The van der Waals surface area contributed by atoms with Gasteiger partial charge in [0.15, 0.2) is 5.11 Å². The van der Waals surface area contributed by atoms with Gasteiger partial charge in [0, 0.05) is 6.54 Å². The molecule has 1 aromatic rings. The molecular formula is C15H22N2S2. The topological polar surface area (TPSA) is 24.1 Å². The van der Waals surface area contributed by atoms with Crippen LogP contribution < -0.4 is 10.6 Å². The van der Waals surface area contributed by atoms with Crippen molar-refractivity contribution in [1.82, 2.24) is 10.6 Å². The van der Waals surface area contributed by atoms with E-state index in [1.54, 1.807) is 0 Å². The van der Waals surface area contributed by atoms with E-state index in [0.717, 1.165) is 18.1 Å². The second-order valence-electron chi connectivity index (χ2n) is 4.89. The fourth-order valence-electron chi connectivity index (χ4n) is 2.53. The predicted octanol–water partition coefficient (Wildman–Crippen LogP) is 3.28. The number of nitrogens with one attached hydrogen (secondary N) is 2. The zero-order valence-corrected chi connectivity index (χ0v) is 13.1. The van der Waals surface area contributed by atoms with Crippen LogP contribution in [0.4, 0.5) is 0 Å². The monoisotopic (exact) mass is 294 g/mol. The molecule has 1 aliphatic rings. The van der Waals surface area contributed by atoms with Gasteiger partial charge in [-0.05, 0) is 61.0 Å². The number of aryl methyl sites for hydroxylation is 1. The van der Waals surface area contributed by atoms with Crippen LogP contribution in [0.2, 0.25) is 0 Å². The van der Waals surface area contributed by atoms with Crippen LogP contribution >= 0.6 is 24.0 Å². The molecule has 19 heavy (non-hydrogen) atoms. The normalized spacial score (nSPS) is 17.6. The first-order valence-corrected chi connectivity index (χ1v) is 8.72. The minimum absolute atomic E-state index is 0.380. The molecule has 1 aliphatic carbocycles. The van der Waals surface area contributed by atoms with Crippen molar-refractivity contribution < 1.29 is 0 Å². The van der Waals surface area contributed by atoms with E-state index < -0.39 is 0 Å². The molecular weight excluding hydrogens is 272 g/mol. The van der Waals surface area contributed by atoms with Crippen LogP contribution in [-0.4, -0.2) is 23.7 Å². The van der Waals surface area contributed by atoms with Gasteiger partial charge in [-0.1, -0.05) is 24.3 Å². The highest BCUT2D eigenvalue weighted by atomic mass is 32.2. The van der Waals surface area contributed by atoms with Crippen LogP contribution in [0.25, 0.3) is 0 Å². The van der Waals surface area contributed by atoms with E-state index in [2.05, 4.69) is 41.2 Å². The Morgan fingerprint density at radius 2 is 2.26 bits per heavy atom. The zero-order valence-electron chi connectivity index (χ0n) is 11.4. The summed E-state index contributed by atoms with van der Waals surface area (Å²) < 4.78 is 0. The van der Waals surface area contributed by atoms with E-state index in [-0.39, 0.29) is 0 Å². The van der Waals surface area contributed by atoms with Gasteiger partial charge < -0.3 is 10.6 Å². The molecule has 0 unspecified atom stereocenters. The Morgan fingerprint density at radius 1 is 1.42 bits per heavy atom. The van der Waals surface area contributed by atoms with Crippen molar-refractivity contribution >= 4 is 29.1 Å². The predicted molar refractivity (Wildman–Crippen MR) is 88.9 cm³/mol. The summed E-state index contributed by atoms with van der Waals surface area (Å²) in [5, 5.41) is 7.56. The maximum atomic E-state index is 5.38. The quantitative estimate of drug-likeness (QED) is 0.643. The van der Waals surface area contributed by atoms with Gasteiger partial charge in [0.25, 0.3) is 0 Å². The maximum absolute atomic E-state index is 5.38. The van der Waals surface area contributed by atoms with Crippen LogP contribution in [0.3, 0.4) is 0 Å². The van der Waals surface area contributed by atoms with E-state index >= 15 is 0 Å². The van der Waals surface area contributed by atoms with Crippen LogP contribution in [0.5, 0.6) is 0 Å². The second-order valence-corrected chi connectivity index (χ2v) is 6.28. The first kappa shape index (κ1) is 14.7. The molecule has 4 heteroatoms. The number of fused-ring (bicyclic) bond motifs is 1. The van der Waals surface area contributed by atoms with Crippen molar-refractivity contribution in [2.24, 2.45) is 0 Å². The lowest BCUT2D eigenvalue weighted by Gasteiger charge is -2.27. The summed E-state index contributed by atoms with van der Waals surface area (Å²) >= 11 is 7.26. The lowest BCUT2D eigenvalue weighted by atomic mass is 9.88. The molecule has 0 aromatic heterocycles. The van der Waals surface area contributed by atoms with Crippen LogP contribution in [0.15, 0.2) is 24.3 Å². The summed E-state index contributed by atoms with van der Waals surface area (Å²) in [6.07, 6.45) is 6.90. The second kappa shape index (κ2) is 7.75. The van der Waals surface area contributed by atoms with Crippen molar-refractivity contribution in [2.75, 3.05) is 18.6 Å². The smallest absolute Gasteiger partial charge is 0.166 e. The molecule has 1 atom stereocenters. The number of rotatable bonds is 5. The highest BCUT2D eigenvalue weighted by Crippen LogP contribution is 2.29. The van der Waals surface area contributed by atoms with E-state index in [1.807, 2.05) is 11.8 Å². The van der Waals surface area contributed by atoms with Gasteiger partial charge in [-0.2, -0.15) is 11.8 Å². The first-order chi connectivity index (χ1) is 9.31. The Labute approximate surface area is 125 Å². The Hall–Kier alpha value is -0.740. The van der Waals surface area contributed by atoms with Gasteiger partial charge in [0.1, 0.15) is 0 Å². The third-order valence-corrected chi connectivity index (χ3v) is 4.44. The summed E-state index contributed by atoms with van der Waals surface area (Å²) in [5.74, 6) is 1.18. The number of hydrogen-bond donors (Lipinski definition) is 2. The molecule has 2 nitrogen and oxygen atoms in total. The lowest BCUT2D eigenvalue weighted by Crippen LogP contribution is -2.39. The van der Waals surface area contributed by atoms with Crippen LogP contribution in [0, 0.1) is 0 Å². The molecule has 0 spiro atoms. The molecule has 0 heterocycles. The first-order valence-electron chi connectivity index (χ1n) is 6.92. The molecule has 0 amide bonds. The highest BCUT2D eigenvalue weighted by molar-refractivity contribution is 7.98. The minimum atomic E-state index is 0.380. The number of thiocarbonyl (C=S) groups is 1. The summed E-state index contributed by atoms with van der Waals surface area (Å²) in [4.78, 5) is 0. The van der Waals surface area contributed by atoms with Crippen molar-refractivity contribution in [2.45, 2.75) is 31.7 Å². The van der Waals surface area contributed by atoms with Crippen molar-refractivity contribution in [3.8, 4) is 0 Å². The molecule has 104 valence electrons. The molecule has 0 radical (unpaired) electrons. The van der Waals surface area contributed by atoms with E-state index in [4.69, 9.17) is 12.2 Å². The highest BCUT2D eigenvalue weighted by Gasteiger charge is 2.19. The van der Waals surface area contributed by atoms with Gasteiger partial charge in [-0.25, -0.2) is 0 Å². The van der Waals surface area contributed by atoms with E-state index in [0.29, 0.717) is 6.04 Å². The Kier molecular flexibility index (Phi) is 5.98. The van der Waals surface area contributed by atoms with Crippen molar-refractivity contribution in [3.63, 3.8) is 0 Å². The SMILES string of the molecule is CSCCCNC(=S)N[C@@H]1CCCc2ccccc21. The summed E-state index contributed by atoms with van der Waals surface area (Å²) in [7, 11) is 0. The molecule has 0 bridgehead atoms. The van der Waals surface area contributed by atoms with Crippen LogP contribution in [0.1, 0.15) is 36.4 Å². The lowest BCUT2D eigenvalue weighted by molar-refractivity contribution is 0.523. The average Bonchev–Trinajstić information content (AvgIpc) is 2.44. The zero-order chi connectivity index (χ0) is 13.5. The summed E-state index contributed by atoms with van der Waals surface area (Å²) in [6.45, 7) is 0.959. The Bertz CT molecular complexity index is 420. The number of thioether (sulfide) groups is 1. The van der Waals surface area contributed by atoms with E-state index in [9.17, 15) is 0 Å². The number of benzene rings is 1. The van der Waals surface area contributed by atoms with Gasteiger partial charge in [0.2, 0.25) is 0 Å². The third kappa shape index (κ3) is 4.39. The molecule has 0 aliphatic heterocycles. The van der Waals surface area contributed by atoms with Crippen molar-refractivity contribution in [1.29, 1.82) is 0 Å². The Balaban J connectivity index is 1.85. The largest absolute Gasteiger partial charge is 0.363 e. The fourth-order valence-corrected chi connectivity index (χ4v) is 3.21. The molecule has 2 rings (SSSR count). The summed E-state index contributed by atoms with van der Waals surface area (Å²) in [5.41, 5.74) is 2.89. The van der Waals surface area contributed by atoms with E-state index in [1.165, 1.54) is 36.1 Å². The Morgan fingerprint density at radius 3 is 3.11 bits per heavy atom. The van der Waals surface area contributed by atoms with Crippen LogP contribution in [-0.2, 0) is 6.42 Å². The minimum Gasteiger partial charge on any atom is -0.363 e. The molecule has 1 aromatic carbocycles. The fraction of sp³-hybridized carbons (Fsp3) is 0.533. The van der Waals surface area contributed by atoms with Gasteiger partial charge in [0.05, 0.1) is 6.04 Å². The van der Waals surface area contributed by atoms with Crippen molar-refractivity contribution in [3.05, 3.63) is 35.4 Å². The molecule has 0 saturated heterocycles. The average molecular weight is 294 g/mol. The number of hydrogen-bond acceptors (Lipinski definition) is 2. The molecule has 0 saturated carbocycles.